The zero-order valence-corrected chi connectivity index (χ0v) is 21.3. The maximum Gasteiger partial charge on any atom is 0.416 e. The van der Waals surface area contributed by atoms with Crippen LogP contribution >= 0.6 is 23.2 Å². The fourth-order valence-electron chi connectivity index (χ4n) is 4.44. The average molecular weight is 567 g/mol. The van der Waals surface area contributed by atoms with Crippen molar-refractivity contribution in [3.8, 4) is 0 Å². The topological polar surface area (TPSA) is 41.4 Å². The molecule has 0 bridgehead atoms. The summed E-state index contributed by atoms with van der Waals surface area (Å²) >= 11 is 13.0. The Morgan fingerprint density at radius 3 is 2.27 bits per heavy atom. The van der Waals surface area contributed by atoms with Crippen molar-refractivity contribution < 1.29 is 31.1 Å². The first-order chi connectivity index (χ1) is 17.2. The SMILES string of the molecule is Cc1cc(C(F)(F)F)cc2c1nc(Cc1c(Cl)ccc(C(=O)N3CCN(CC(F)(F)F)CC3)c1Cl)n2C. The lowest BCUT2D eigenvalue weighted by atomic mass is 10.1. The van der Waals surface area contributed by atoms with Crippen molar-refractivity contribution in [1.29, 1.82) is 0 Å². The van der Waals surface area contributed by atoms with Crippen LogP contribution in [0.5, 0.6) is 0 Å². The normalized spacial score (nSPS) is 15.6. The summed E-state index contributed by atoms with van der Waals surface area (Å²) in [5.41, 5.74) is 0.778. The number of fused-ring (bicyclic) bond motifs is 1. The summed E-state index contributed by atoms with van der Waals surface area (Å²) in [7, 11) is 1.58. The number of hydrogen-bond acceptors (Lipinski definition) is 3. The summed E-state index contributed by atoms with van der Waals surface area (Å²) in [6.07, 6.45) is -8.78. The monoisotopic (exact) mass is 566 g/mol. The second-order valence-corrected chi connectivity index (χ2v) is 9.78. The third-order valence-electron chi connectivity index (χ3n) is 6.41. The number of piperazine rings is 1. The van der Waals surface area contributed by atoms with E-state index in [0.29, 0.717) is 28.0 Å². The molecule has 2 heterocycles. The molecule has 0 N–H and O–H groups in total. The van der Waals surface area contributed by atoms with Crippen molar-refractivity contribution in [2.24, 2.45) is 7.05 Å². The maximum absolute atomic E-state index is 13.3. The molecular weight excluding hydrogens is 545 g/mol. The molecule has 0 saturated carbocycles. The fourth-order valence-corrected chi connectivity index (χ4v) is 5.03. The molecule has 4 rings (SSSR count). The largest absolute Gasteiger partial charge is 0.416 e. The van der Waals surface area contributed by atoms with E-state index in [2.05, 4.69) is 4.98 Å². The van der Waals surface area contributed by atoms with Gasteiger partial charge in [-0.2, -0.15) is 26.3 Å². The third kappa shape index (κ3) is 5.83. The number of imidazole rings is 1. The predicted octanol–water partition coefficient (Wildman–Crippen LogP) is 6.12. The molecule has 1 aliphatic rings. The molecule has 0 spiro atoms. The number of aromatic nitrogens is 2. The van der Waals surface area contributed by atoms with Crippen LogP contribution in [0.2, 0.25) is 10.0 Å². The van der Waals surface area contributed by atoms with Crippen molar-refractivity contribution in [2.75, 3.05) is 32.7 Å². The van der Waals surface area contributed by atoms with Gasteiger partial charge in [0.2, 0.25) is 0 Å². The van der Waals surface area contributed by atoms with E-state index >= 15 is 0 Å². The lowest BCUT2D eigenvalue weighted by Gasteiger charge is -2.35. The third-order valence-corrected chi connectivity index (χ3v) is 7.20. The number of aryl methyl sites for hydroxylation is 2. The van der Waals surface area contributed by atoms with Gasteiger partial charge < -0.3 is 9.47 Å². The minimum Gasteiger partial charge on any atom is -0.336 e. The summed E-state index contributed by atoms with van der Waals surface area (Å²) in [6, 6.07) is 5.01. The highest BCUT2D eigenvalue weighted by atomic mass is 35.5. The molecule has 5 nitrogen and oxygen atoms in total. The first-order valence-corrected chi connectivity index (χ1v) is 12.0. The van der Waals surface area contributed by atoms with E-state index in [1.54, 1.807) is 14.0 Å². The number of carbonyl (C=O) groups excluding carboxylic acids is 1. The molecular formula is C24H22Cl2F6N4O. The summed E-state index contributed by atoms with van der Waals surface area (Å²) < 4.78 is 79.4. The Labute approximate surface area is 218 Å². The Morgan fingerprint density at radius 1 is 1.03 bits per heavy atom. The Morgan fingerprint density at radius 2 is 1.68 bits per heavy atom. The number of benzene rings is 2. The Balaban J connectivity index is 1.60. The van der Waals surface area contributed by atoms with Crippen LogP contribution in [0.25, 0.3) is 11.0 Å². The number of alkyl halides is 6. The Hall–Kier alpha value is -2.50. The molecule has 2 aromatic carbocycles. The molecule has 0 aliphatic carbocycles. The minimum atomic E-state index is -4.51. The molecule has 1 aromatic heterocycles. The number of amides is 1. The van der Waals surface area contributed by atoms with E-state index in [4.69, 9.17) is 23.2 Å². The van der Waals surface area contributed by atoms with Gasteiger partial charge in [0.25, 0.3) is 5.91 Å². The van der Waals surface area contributed by atoms with E-state index in [1.165, 1.54) is 26.5 Å². The average Bonchev–Trinajstić information content (AvgIpc) is 3.11. The van der Waals surface area contributed by atoms with Crippen molar-refractivity contribution in [1.82, 2.24) is 19.4 Å². The van der Waals surface area contributed by atoms with E-state index in [0.717, 1.165) is 12.1 Å². The van der Waals surface area contributed by atoms with Crippen molar-refractivity contribution in [2.45, 2.75) is 25.7 Å². The Kier molecular flexibility index (Phi) is 7.44. The first-order valence-electron chi connectivity index (χ1n) is 11.2. The molecule has 1 saturated heterocycles. The summed E-state index contributed by atoms with van der Waals surface area (Å²) in [6.45, 7) is 0.860. The van der Waals surface area contributed by atoms with Crippen LogP contribution in [-0.4, -0.2) is 64.2 Å². The highest BCUT2D eigenvalue weighted by molar-refractivity contribution is 6.38. The molecule has 1 amide bonds. The summed E-state index contributed by atoms with van der Waals surface area (Å²) in [4.78, 5) is 20.3. The van der Waals surface area contributed by atoms with Crippen molar-refractivity contribution >= 4 is 40.1 Å². The summed E-state index contributed by atoms with van der Waals surface area (Å²) in [5.74, 6) is -0.0446. The smallest absolute Gasteiger partial charge is 0.336 e. The van der Waals surface area contributed by atoms with Gasteiger partial charge in [-0.3, -0.25) is 9.69 Å². The predicted molar refractivity (Wildman–Crippen MR) is 128 cm³/mol. The van der Waals surface area contributed by atoms with Crippen LogP contribution in [0.1, 0.15) is 32.9 Å². The quantitative estimate of drug-likeness (QED) is 0.357. The fraction of sp³-hybridized carbons (Fsp3) is 0.417. The van der Waals surface area contributed by atoms with Gasteiger partial charge in [-0.25, -0.2) is 4.98 Å². The zero-order valence-electron chi connectivity index (χ0n) is 19.8. The van der Waals surface area contributed by atoms with Gasteiger partial charge in [-0.15, -0.1) is 0 Å². The van der Waals surface area contributed by atoms with Crippen LogP contribution in [0.3, 0.4) is 0 Å². The van der Waals surface area contributed by atoms with E-state index < -0.39 is 30.4 Å². The molecule has 200 valence electrons. The van der Waals surface area contributed by atoms with Crippen LogP contribution in [-0.2, 0) is 19.6 Å². The molecule has 0 atom stereocenters. The van der Waals surface area contributed by atoms with Crippen LogP contribution in [0.4, 0.5) is 26.3 Å². The number of hydrogen-bond donors (Lipinski definition) is 0. The van der Waals surface area contributed by atoms with Gasteiger partial charge in [0.05, 0.1) is 33.7 Å². The van der Waals surface area contributed by atoms with Gasteiger partial charge in [0.15, 0.2) is 0 Å². The number of halogens is 8. The van der Waals surface area contributed by atoms with Crippen molar-refractivity contribution in [3.05, 3.63) is 62.4 Å². The number of carbonyl (C=O) groups is 1. The standard InChI is InChI=1S/C24H22Cl2F6N4O/c1-13-9-14(24(30,31)32)10-18-21(13)33-19(34(18)2)11-16-17(25)4-3-15(20(16)26)22(37)36-7-5-35(6-8-36)12-23(27,28)29/h3-4,9-10H,5-8,11-12H2,1-2H3. The second kappa shape index (κ2) is 9.99. The highest BCUT2D eigenvalue weighted by Crippen LogP contribution is 2.35. The lowest BCUT2D eigenvalue weighted by molar-refractivity contribution is -0.148. The second-order valence-electron chi connectivity index (χ2n) is 8.99. The van der Waals surface area contributed by atoms with Crippen LogP contribution in [0.15, 0.2) is 24.3 Å². The molecule has 13 heteroatoms. The van der Waals surface area contributed by atoms with Gasteiger partial charge in [-0.1, -0.05) is 23.2 Å². The van der Waals surface area contributed by atoms with Gasteiger partial charge in [0, 0.05) is 44.7 Å². The van der Waals surface area contributed by atoms with Gasteiger partial charge in [0.1, 0.15) is 5.82 Å². The lowest BCUT2D eigenvalue weighted by Crippen LogP contribution is -2.51. The van der Waals surface area contributed by atoms with Crippen LogP contribution in [0, 0.1) is 6.92 Å². The van der Waals surface area contributed by atoms with Crippen LogP contribution < -0.4 is 0 Å². The number of rotatable bonds is 4. The molecule has 0 unspecified atom stereocenters. The molecule has 1 aliphatic heterocycles. The van der Waals surface area contributed by atoms with E-state index in [9.17, 15) is 31.1 Å². The molecule has 37 heavy (non-hydrogen) atoms. The molecule has 3 aromatic rings. The Bertz CT molecular complexity index is 1340. The van der Waals surface area contributed by atoms with Crippen molar-refractivity contribution in [3.63, 3.8) is 0 Å². The first kappa shape index (κ1) is 27.5. The highest BCUT2D eigenvalue weighted by Gasteiger charge is 2.34. The number of nitrogens with zero attached hydrogens (tertiary/aromatic N) is 4. The maximum atomic E-state index is 13.3. The summed E-state index contributed by atoms with van der Waals surface area (Å²) in [5, 5.41) is 0.311. The van der Waals surface area contributed by atoms with Gasteiger partial charge in [-0.05, 0) is 42.3 Å². The van der Waals surface area contributed by atoms with Gasteiger partial charge >= 0.3 is 12.4 Å². The van der Waals surface area contributed by atoms with E-state index in [1.807, 2.05) is 0 Å². The van der Waals surface area contributed by atoms with E-state index in [-0.39, 0.29) is 48.2 Å². The molecule has 1 fully saturated rings. The minimum absolute atomic E-state index is 0.0458. The zero-order chi connectivity index (χ0) is 27.3. The molecule has 0 radical (unpaired) electrons.